The Morgan fingerprint density at radius 1 is 1.24 bits per heavy atom. The Morgan fingerprint density at radius 2 is 1.76 bits per heavy atom. The third-order valence-electron chi connectivity index (χ3n) is 2.42. The van der Waals surface area contributed by atoms with Gasteiger partial charge in [-0.15, -0.1) is 0 Å². The van der Waals surface area contributed by atoms with Crippen molar-refractivity contribution >= 4 is 17.3 Å². The summed E-state index contributed by atoms with van der Waals surface area (Å²) in [7, 11) is 0. The van der Waals surface area contributed by atoms with E-state index in [1.165, 1.54) is 6.92 Å². The van der Waals surface area contributed by atoms with Crippen molar-refractivity contribution in [1.82, 2.24) is 0 Å². The summed E-state index contributed by atoms with van der Waals surface area (Å²) in [5, 5.41) is 15.0. The van der Waals surface area contributed by atoms with E-state index in [2.05, 4.69) is 10.6 Å². The van der Waals surface area contributed by atoms with E-state index in [1.807, 2.05) is 38.1 Å². The Hall–Kier alpha value is -1.55. The average Bonchev–Trinajstić information content (AvgIpc) is 2.19. The van der Waals surface area contributed by atoms with Crippen LogP contribution in [0.3, 0.4) is 0 Å². The van der Waals surface area contributed by atoms with Crippen molar-refractivity contribution in [3.05, 3.63) is 24.3 Å². The van der Waals surface area contributed by atoms with Crippen LogP contribution in [0.2, 0.25) is 0 Å². The smallest absolute Gasteiger partial charge is 0.221 e. The molecule has 1 rings (SSSR count). The molecule has 0 atom stereocenters. The second kappa shape index (κ2) is 5.68. The normalized spacial score (nSPS) is 11.1. The zero-order chi connectivity index (χ0) is 12.9. The van der Waals surface area contributed by atoms with Gasteiger partial charge in [-0.2, -0.15) is 0 Å². The molecule has 3 N–H and O–H groups in total. The molecule has 0 aliphatic heterocycles. The Bertz CT molecular complexity index is 372. The standard InChI is InChI=1S/C13H20N2O2/c1-10(17)14-11-4-6-12(7-5-11)15-13(2,3)8-9-16/h4-7,15-16H,8-9H2,1-3H3,(H,14,17). The van der Waals surface area contributed by atoms with Crippen LogP contribution in [0.1, 0.15) is 27.2 Å². The number of rotatable bonds is 5. The minimum absolute atomic E-state index is 0.0775. The van der Waals surface area contributed by atoms with Gasteiger partial charge in [0.15, 0.2) is 0 Å². The molecule has 0 fully saturated rings. The van der Waals surface area contributed by atoms with Crippen molar-refractivity contribution in [3.63, 3.8) is 0 Å². The van der Waals surface area contributed by atoms with E-state index in [9.17, 15) is 4.79 Å². The molecular formula is C13H20N2O2. The summed E-state index contributed by atoms with van der Waals surface area (Å²) in [6.07, 6.45) is 0.681. The topological polar surface area (TPSA) is 61.4 Å². The van der Waals surface area contributed by atoms with Crippen LogP contribution in [-0.4, -0.2) is 23.2 Å². The lowest BCUT2D eigenvalue weighted by Crippen LogP contribution is -2.31. The maximum Gasteiger partial charge on any atom is 0.221 e. The Morgan fingerprint density at radius 3 is 2.24 bits per heavy atom. The molecule has 1 amide bonds. The molecule has 0 unspecified atom stereocenters. The molecule has 17 heavy (non-hydrogen) atoms. The Balaban J connectivity index is 2.65. The average molecular weight is 236 g/mol. The number of nitrogens with one attached hydrogen (secondary N) is 2. The molecule has 4 heteroatoms. The van der Waals surface area contributed by atoms with Crippen LogP contribution in [0.15, 0.2) is 24.3 Å². The Labute approximate surface area is 102 Å². The van der Waals surface area contributed by atoms with Gasteiger partial charge in [0.05, 0.1) is 0 Å². The molecule has 0 aliphatic carbocycles. The lowest BCUT2D eigenvalue weighted by atomic mass is 10.0. The van der Waals surface area contributed by atoms with Crippen LogP contribution >= 0.6 is 0 Å². The monoisotopic (exact) mass is 236 g/mol. The first-order chi connectivity index (χ1) is 7.93. The van der Waals surface area contributed by atoms with Crippen LogP contribution < -0.4 is 10.6 Å². The van der Waals surface area contributed by atoms with E-state index in [1.54, 1.807) is 0 Å². The summed E-state index contributed by atoms with van der Waals surface area (Å²) in [6.45, 7) is 5.70. The maximum atomic E-state index is 10.9. The first-order valence-electron chi connectivity index (χ1n) is 5.70. The van der Waals surface area contributed by atoms with Gasteiger partial charge in [-0.1, -0.05) is 0 Å². The summed E-state index contributed by atoms with van der Waals surface area (Å²) < 4.78 is 0. The fraction of sp³-hybridized carbons (Fsp3) is 0.462. The number of amides is 1. The number of aliphatic hydroxyl groups is 1. The summed E-state index contributed by atoms with van der Waals surface area (Å²) in [5.41, 5.74) is 1.60. The first-order valence-corrected chi connectivity index (χ1v) is 5.70. The highest BCUT2D eigenvalue weighted by Crippen LogP contribution is 2.19. The van der Waals surface area contributed by atoms with E-state index < -0.39 is 0 Å². The molecule has 0 radical (unpaired) electrons. The fourth-order valence-electron chi connectivity index (χ4n) is 1.57. The molecule has 94 valence electrons. The number of anilines is 2. The number of carbonyl (C=O) groups is 1. The third-order valence-corrected chi connectivity index (χ3v) is 2.42. The highest BCUT2D eigenvalue weighted by atomic mass is 16.3. The number of carbonyl (C=O) groups excluding carboxylic acids is 1. The van der Waals surface area contributed by atoms with Gasteiger partial charge in [-0.05, 0) is 44.5 Å². The minimum atomic E-state index is -0.149. The van der Waals surface area contributed by atoms with E-state index in [-0.39, 0.29) is 18.1 Å². The second-order valence-electron chi connectivity index (χ2n) is 4.74. The fourth-order valence-corrected chi connectivity index (χ4v) is 1.57. The largest absolute Gasteiger partial charge is 0.396 e. The van der Waals surface area contributed by atoms with Crippen molar-refractivity contribution in [2.24, 2.45) is 0 Å². The predicted molar refractivity (Wildman–Crippen MR) is 70.2 cm³/mol. The zero-order valence-corrected chi connectivity index (χ0v) is 10.6. The molecule has 0 spiro atoms. The van der Waals surface area contributed by atoms with Crippen molar-refractivity contribution in [3.8, 4) is 0 Å². The van der Waals surface area contributed by atoms with Gasteiger partial charge in [0.25, 0.3) is 0 Å². The van der Waals surface area contributed by atoms with Gasteiger partial charge in [0.1, 0.15) is 0 Å². The van der Waals surface area contributed by atoms with Gasteiger partial charge in [-0.3, -0.25) is 4.79 Å². The van der Waals surface area contributed by atoms with E-state index >= 15 is 0 Å². The van der Waals surface area contributed by atoms with Gasteiger partial charge in [-0.25, -0.2) is 0 Å². The number of benzene rings is 1. The molecule has 4 nitrogen and oxygen atoms in total. The van der Waals surface area contributed by atoms with Crippen molar-refractivity contribution in [1.29, 1.82) is 0 Å². The quantitative estimate of drug-likeness (QED) is 0.734. The van der Waals surface area contributed by atoms with E-state index in [4.69, 9.17) is 5.11 Å². The van der Waals surface area contributed by atoms with Crippen molar-refractivity contribution < 1.29 is 9.90 Å². The molecule has 0 bridgehead atoms. The molecule has 0 aromatic heterocycles. The van der Waals surface area contributed by atoms with Crippen LogP contribution in [0, 0.1) is 0 Å². The van der Waals surface area contributed by atoms with Crippen LogP contribution in [0.4, 0.5) is 11.4 Å². The number of hydrogen-bond acceptors (Lipinski definition) is 3. The summed E-state index contributed by atoms with van der Waals surface area (Å²) >= 11 is 0. The summed E-state index contributed by atoms with van der Waals surface area (Å²) in [4.78, 5) is 10.9. The van der Waals surface area contributed by atoms with Gasteiger partial charge < -0.3 is 15.7 Å². The lowest BCUT2D eigenvalue weighted by molar-refractivity contribution is -0.114. The van der Waals surface area contributed by atoms with Crippen LogP contribution in [0.25, 0.3) is 0 Å². The molecule has 0 saturated carbocycles. The predicted octanol–water partition coefficient (Wildman–Crippen LogP) is 2.22. The highest BCUT2D eigenvalue weighted by molar-refractivity contribution is 5.88. The number of hydrogen-bond donors (Lipinski definition) is 3. The molecule has 0 heterocycles. The molecule has 0 aliphatic rings. The zero-order valence-electron chi connectivity index (χ0n) is 10.6. The van der Waals surface area contributed by atoms with Crippen molar-refractivity contribution in [2.45, 2.75) is 32.7 Å². The van der Waals surface area contributed by atoms with Crippen LogP contribution in [-0.2, 0) is 4.79 Å². The van der Waals surface area contributed by atoms with Crippen molar-refractivity contribution in [2.75, 3.05) is 17.2 Å². The summed E-state index contributed by atoms with van der Waals surface area (Å²) in [6, 6.07) is 7.51. The van der Waals surface area contributed by atoms with Gasteiger partial charge in [0, 0.05) is 30.4 Å². The third kappa shape index (κ3) is 4.87. The second-order valence-corrected chi connectivity index (χ2v) is 4.74. The minimum Gasteiger partial charge on any atom is -0.396 e. The lowest BCUT2D eigenvalue weighted by Gasteiger charge is -2.26. The van der Waals surface area contributed by atoms with E-state index in [0.717, 1.165) is 11.4 Å². The number of aliphatic hydroxyl groups excluding tert-OH is 1. The molecule has 0 saturated heterocycles. The van der Waals surface area contributed by atoms with Crippen LogP contribution in [0.5, 0.6) is 0 Å². The summed E-state index contributed by atoms with van der Waals surface area (Å²) in [5.74, 6) is -0.0775. The molecule has 1 aromatic rings. The molecular weight excluding hydrogens is 216 g/mol. The van der Waals surface area contributed by atoms with E-state index in [0.29, 0.717) is 6.42 Å². The SMILES string of the molecule is CC(=O)Nc1ccc(NC(C)(C)CCO)cc1. The Kier molecular flexibility index (Phi) is 4.52. The van der Waals surface area contributed by atoms with Gasteiger partial charge in [0.2, 0.25) is 5.91 Å². The maximum absolute atomic E-state index is 10.9. The first kappa shape index (κ1) is 13.5. The molecule has 1 aromatic carbocycles. The van der Waals surface area contributed by atoms with Gasteiger partial charge >= 0.3 is 0 Å². The highest BCUT2D eigenvalue weighted by Gasteiger charge is 2.16.